The Hall–Kier alpha value is -4.95. The van der Waals surface area contributed by atoms with Crippen molar-refractivity contribution in [3.05, 3.63) is 150 Å². The van der Waals surface area contributed by atoms with Crippen LogP contribution in [0.3, 0.4) is 0 Å². The molecular formula is C52H51FGeIrN4O-2. The minimum Gasteiger partial charge on any atom is -0.486 e. The van der Waals surface area contributed by atoms with Gasteiger partial charge in [0.05, 0.1) is 28.0 Å². The topological polar surface area (TPSA) is 56.7 Å². The third kappa shape index (κ3) is 8.24. The molecular weight excluding hydrogens is 980 g/mol. The molecule has 0 N–H and O–H groups in total. The Morgan fingerprint density at radius 2 is 1.53 bits per heavy atom. The fraction of sp³-hybridized carbons (Fsp3) is 0.250. The molecule has 0 unspecified atom stereocenters. The summed E-state index contributed by atoms with van der Waals surface area (Å²) in [5, 5.41) is 2.46. The number of benzene rings is 5. The van der Waals surface area contributed by atoms with Crippen LogP contribution in [0.2, 0.25) is 17.3 Å². The maximum Gasteiger partial charge on any atom is 0.216 e. The van der Waals surface area contributed by atoms with Gasteiger partial charge in [0.2, 0.25) is 5.71 Å². The standard InChI is InChI=1S/C35H30N3O.C17H21FGeN.Ir/c1-20(2)24-10-8-11-25(21(3)4)32(24)38-31-15-7-6-14-30(31)36-34(38)27-13-9-12-26-28-19-23-18-22(5)16-17-29(23)37-35(28)39-33(26)27;1-12(2)15-10-17(13-6-8-14(18)9-7-13)20-11-16(15)19(3,4)5;/h6-12,14-21H,1-5H3;6,8-12H,1-5H3;/q2*-1;/i5D3;12D;. The fourth-order valence-corrected chi connectivity index (χ4v) is 11.2. The van der Waals surface area contributed by atoms with Crippen LogP contribution in [0, 0.1) is 24.8 Å². The summed E-state index contributed by atoms with van der Waals surface area (Å²) in [5.41, 5.74) is 11.0. The number of rotatable bonds is 7. The number of pyridine rings is 2. The second-order valence-corrected chi connectivity index (χ2v) is 27.7. The van der Waals surface area contributed by atoms with E-state index in [1.807, 2.05) is 62.5 Å². The first-order chi connectivity index (χ1) is 29.7. The number of aromatic nitrogens is 4. The van der Waals surface area contributed by atoms with Gasteiger partial charge in [-0.05, 0) is 60.1 Å². The zero-order valence-electron chi connectivity index (χ0n) is 39.5. The van der Waals surface area contributed by atoms with Crippen molar-refractivity contribution in [3.63, 3.8) is 0 Å². The van der Waals surface area contributed by atoms with Crippen LogP contribution < -0.4 is 4.40 Å². The van der Waals surface area contributed by atoms with E-state index in [1.54, 1.807) is 24.3 Å². The summed E-state index contributed by atoms with van der Waals surface area (Å²) in [5.74, 6) is 7.28. The molecule has 1 radical (unpaired) electrons. The summed E-state index contributed by atoms with van der Waals surface area (Å²) in [6, 6.07) is 38.4. The van der Waals surface area contributed by atoms with Crippen molar-refractivity contribution < 1.29 is 34.4 Å². The number of aryl methyl sites for hydroxylation is 1. The fourth-order valence-electron chi connectivity index (χ4n) is 7.86. The van der Waals surface area contributed by atoms with Gasteiger partial charge in [-0.3, -0.25) is 4.98 Å². The summed E-state index contributed by atoms with van der Waals surface area (Å²) >= 11 is -2.10. The number of para-hydroxylation sites is 3. The van der Waals surface area contributed by atoms with Crippen molar-refractivity contribution in [3.8, 4) is 28.3 Å². The molecule has 0 aliphatic heterocycles. The molecule has 0 amide bonds. The summed E-state index contributed by atoms with van der Waals surface area (Å²) in [6.45, 7) is 10.5. The smallest absolute Gasteiger partial charge is 0.216 e. The normalized spacial score (nSPS) is 13.3. The number of hydrogen-bond donors (Lipinski definition) is 0. The largest absolute Gasteiger partial charge is 0.486 e. The van der Waals surface area contributed by atoms with Crippen LogP contribution in [-0.2, 0) is 20.1 Å². The Balaban J connectivity index is 0.000000236. The molecule has 4 aromatic heterocycles. The van der Waals surface area contributed by atoms with Gasteiger partial charge >= 0.3 is 125 Å². The van der Waals surface area contributed by atoms with E-state index in [-0.39, 0.29) is 31.5 Å². The molecule has 0 saturated carbocycles. The zero-order valence-corrected chi connectivity index (χ0v) is 39.9. The first kappa shape index (κ1) is 38.0. The predicted octanol–water partition coefficient (Wildman–Crippen LogP) is 13.8. The summed E-state index contributed by atoms with van der Waals surface area (Å²) in [6.07, 6.45) is 1.91. The molecule has 0 saturated heterocycles. The van der Waals surface area contributed by atoms with E-state index in [9.17, 15) is 4.39 Å². The van der Waals surface area contributed by atoms with Crippen LogP contribution in [-0.4, -0.2) is 32.8 Å². The molecule has 9 rings (SSSR count). The number of hydrogen-bond acceptors (Lipinski definition) is 4. The van der Waals surface area contributed by atoms with E-state index in [2.05, 4.69) is 90.9 Å². The van der Waals surface area contributed by atoms with Crippen molar-refractivity contribution in [1.82, 2.24) is 19.5 Å². The Kier molecular flexibility index (Phi) is 10.9. The first-order valence-electron chi connectivity index (χ1n) is 22.2. The Morgan fingerprint density at radius 3 is 2.20 bits per heavy atom. The monoisotopic (exact) mass is 1040 g/mol. The summed E-state index contributed by atoms with van der Waals surface area (Å²) in [7, 11) is 0. The van der Waals surface area contributed by atoms with Gasteiger partial charge < -0.3 is 8.98 Å². The van der Waals surface area contributed by atoms with E-state index in [0.29, 0.717) is 28.6 Å². The molecule has 0 fully saturated rings. The first-order valence-corrected chi connectivity index (χ1v) is 27.5. The van der Waals surface area contributed by atoms with Gasteiger partial charge in [-0.25, -0.2) is 4.98 Å². The van der Waals surface area contributed by atoms with Gasteiger partial charge in [0.15, 0.2) is 0 Å². The second-order valence-electron chi connectivity index (χ2n) is 17.1. The molecule has 0 atom stereocenters. The Bertz CT molecular complexity index is 3140. The van der Waals surface area contributed by atoms with E-state index in [4.69, 9.17) is 19.9 Å². The van der Waals surface area contributed by atoms with E-state index < -0.39 is 26.0 Å². The minimum atomic E-state index is -2.19. The minimum absolute atomic E-state index is 0. The van der Waals surface area contributed by atoms with Crippen LogP contribution >= 0.6 is 0 Å². The number of imidazole rings is 1. The summed E-state index contributed by atoms with van der Waals surface area (Å²) < 4.78 is 54.9. The van der Waals surface area contributed by atoms with Crippen LogP contribution in [0.25, 0.3) is 72.3 Å². The van der Waals surface area contributed by atoms with Crippen molar-refractivity contribution >= 4 is 61.7 Å². The molecule has 60 heavy (non-hydrogen) atoms. The van der Waals surface area contributed by atoms with Gasteiger partial charge in [0, 0.05) is 40.7 Å². The maximum absolute atomic E-state index is 13.0. The summed E-state index contributed by atoms with van der Waals surface area (Å²) in [4.78, 5) is 14.5. The van der Waals surface area contributed by atoms with Gasteiger partial charge in [-0.15, -0.1) is 18.2 Å². The maximum atomic E-state index is 13.0. The SMILES string of the molecule is [2H]C(C)(C)c1cc(-c2[c-]cc(F)cc2)nc[c]1[Ge]([CH3])([CH3])[CH3].[2H]C([2H])([2H])c1ccc2nc3oc4c(-c5nc6ccccc6n5-c5c(C(C)C)cccc5C(C)C)[c-]ccc4c3cc2c1.[Ir]. The van der Waals surface area contributed by atoms with E-state index in [1.165, 1.54) is 27.7 Å². The molecule has 0 aliphatic rings. The molecule has 0 aliphatic carbocycles. The molecule has 8 heteroatoms. The molecule has 307 valence electrons. The van der Waals surface area contributed by atoms with Crippen molar-refractivity contribution in [2.45, 2.75) is 83.4 Å². The number of furan rings is 1. The number of nitrogens with zero attached hydrogens (tertiary/aromatic N) is 4. The number of halogens is 1. The molecule has 0 spiro atoms. The van der Waals surface area contributed by atoms with Gasteiger partial charge in [-0.1, -0.05) is 80.6 Å². The predicted molar refractivity (Wildman–Crippen MR) is 246 cm³/mol. The van der Waals surface area contributed by atoms with Crippen molar-refractivity contribution in [1.29, 1.82) is 0 Å². The third-order valence-electron chi connectivity index (χ3n) is 10.9. The quantitative estimate of drug-likeness (QED) is 0.118. The van der Waals surface area contributed by atoms with Crippen LogP contribution in [0.4, 0.5) is 4.39 Å². The van der Waals surface area contributed by atoms with Gasteiger partial charge in [-0.2, -0.15) is 0 Å². The van der Waals surface area contributed by atoms with Crippen LogP contribution in [0.1, 0.15) is 87.0 Å². The molecule has 0 bridgehead atoms. The molecule has 4 heterocycles. The third-order valence-corrected chi connectivity index (χ3v) is 15.1. The molecule has 5 nitrogen and oxygen atoms in total. The van der Waals surface area contributed by atoms with Gasteiger partial charge in [0.1, 0.15) is 0 Å². The Morgan fingerprint density at radius 1 is 0.783 bits per heavy atom. The average Bonchev–Trinajstić information content (AvgIpc) is 3.79. The second kappa shape index (κ2) is 17.2. The van der Waals surface area contributed by atoms with Crippen LogP contribution in [0.15, 0.2) is 114 Å². The molecule has 5 aromatic carbocycles. The zero-order chi connectivity index (χ0) is 45.2. The average molecular weight is 1040 g/mol. The van der Waals surface area contributed by atoms with Crippen molar-refractivity contribution in [2.24, 2.45) is 0 Å². The Labute approximate surface area is 374 Å². The van der Waals surface area contributed by atoms with Crippen LogP contribution in [0.5, 0.6) is 0 Å². The van der Waals surface area contributed by atoms with Crippen molar-refractivity contribution in [2.75, 3.05) is 0 Å². The molecule has 9 aromatic rings. The van der Waals surface area contributed by atoms with E-state index in [0.717, 1.165) is 61.1 Å². The van der Waals surface area contributed by atoms with E-state index >= 15 is 0 Å². The van der Waals surface area contributed by atoms with Gasteiger partial charge in [0.25, 0.3) is 0 Å². The number of fused-ring (bicyclic) bond motifs is 5.